The summed E-state index contributed by atoms with van der Waals surface area (Å²) in [5.41, 5.74) is 1.43. The summed E-state index contributed by atoms with van der Waals surface area (Å²) in [5, 5.41) is 0. The van der Waals surface area contributed by atoms with Crippen LogP contribution in [0.25, 0.3) is 0 Å². The summed E-state index contributed by atoms with van der Waals surface area (Å²) in [6.07, 6.45) is 4.44. The minimum absolute atomic E-state index is 0.00636. The average molecular weight is 482 g/mol. The highest BCUT2D eigenvalue weighted by Gasteiger charge is 2.54. The van der Waals surface area contributed by atoms with Crippen LogP contribution in [0.4, 0.5) is 0 Å². The lowest BCUT2D eigenvalue weighted by Gasteiger charge is -2.31. The fraction of sp³-hybridized carbons (Fsp3) is 0.333. The second-order valence-electron chi connectivity index (χ2n) is 9.93. The number of carbonyl (C=O) groups excluding carboxylic acids is 3. The van der Waals surface area contributed by atoms with Crippen molar-refractivity contribution in [1.29, 1.82) is 0 Å². The number of nitrogens with zero attached hydrogens (tertiary/aromatic N) is 3. The summed E-state index contributed by atoms with van der Waals surface area (Å²) in [5.74, 6) is -0.0816. The summed E-state index contributed by atoms with van der Waals surface area (Å²) in [6, 6.07) is 24.9. The highest BCUT2D eigenvalue weighted by molar-refractivity contribution is 6.10. The normalized spacial score (nSPS) is 19.5. The molecule has 5 rings (SSSR count). The Morgan fingerprint density at radius 3 is 2.31 bits per heavy atom. The highest BCUT2D eigenvalue weighted by atomic mass is 16.2. The largest absolute Gasteiger partial charge is 0.338 e. The maximum absolute atomic E-state index is 13.9. The van der Waals surface area contributed by atoms with E-state index in [-0.39, 0.29) is 37.1 Å². The number of likely N-dealkylation sites (tertiary alicyclic amines) is 1. The molecule has 2 aliphatic rings. The van der Waals surface area contributed by atoms with Crippen LogP contribution in [0.3, 0.4) is 0 Å². The van der Waals surface area contributed by atoms with E-state index in [4.69, 9.17) is 0 Å². The van der Waals surface area contributed by atoms with Crippen LogP contribution in [0.5, 0.6) is 0 Å². The Kier molecular flexibility index (Phi) is 6.94. The third-order valence-corrected chi connectivity index (χ3v) is 7.25. The number of carbonyl (C=O) groups is 3. The van der Waals surface area contributed by atoms with Crippen molar-refractivity contribution in [2.45, 2.75) is 44.1 Å². The van der Waals surface area contributed by atoms with Gasteiger partial charge >= 0.3 is 0 Å². The van der Waals surface area contributed by atoms with Gasteiger partial charge < -0.3 is 4.90 Å². The van der Waals surface area contributed by atoms with Gasteiger partial charge in [-0.15, -0.1) is 0 Å². The Morgan fingerprint density at radius 1 is 0.944 bits per heavy atom. The minimum Gasteiger partial charge on any atom is -0.338 e. The summed E-state index contributed by atoms with van der Waals surface area (Å²) in [6.45, 7) is 1.45. The third kappa shape index (κ3) is 5.23. The van der Waals surface area contributed by atoms with Crippen molar-refractivity contribution in [2.75, 3.05) is 13.1 Å². The molecule has 3 aromatic rings. The molecule has 0 bridgehead atoms. The van der Waals surface area contributed by atoms with E-state index in [0.29, 0.717) is 25.4 Å². The van der Waals surface area contributed by atoms with Crippen LogP contribution in [0, 0.1) is 5.92 Å². The first-order chi connectivity index (χ1) is 17.5. The fourth-order valence-corrected chi connectivity index (χ4v) is 5.06. The van der Waals surface area contributed by atoms with Gasteiger partial charge in [-0.3, -0.25) is 24.3 Å². The number of hydrogen-bond donors (Lipinski definition) is 0. The Hall–Kier alpha value is -3.80. The number of amides is 3. The molecule has 1 saturated heterocycles. The van der Waals surface area contributed by atoms with E-state index >= 15 is 0 Å². The van der Waals surface area contributed by atoms with Crippen molar-refractivity contribution < 1.29 is 14.4 Å². The molecule has 1 aliphatic carbocycles. The number of hydrogen-bond acceptors (Lipinski definition) is 4. The van der Waals surface area contributed by atoms with Crippen molar-refractivity contribution in [3.05, 3.63) is 102 Å². The molecule has 184 valence electrons. The van der Waals surface area contributed by atoms with Gasteiger partial charge in [-0.1, -0.05) is 66.7 Å². The van der Waals surface area contributed by atoms with Crippen LogP contribution in [-0.2, 0) is 32.8 Å². The molecule has 0 radical (unpaired) electrons. The monoisotopic (exact) mass is 481 g/mol. The quantitative estimate of drug-likeness (QED) is 0.408. The molecule has 0 spiro atoms. The SMILES string of the molecule is O=C(CC1(c2ccccc2)CC(=O)N(CCc2ccccn2)C1=O)N(Cc1ccccc1)CC1CC1. The lowest BCUT2D eigenvalue weighted by atomic mass is 9.75. The topological polar surface area (TPSA) is 70.6 Å². The second-order valence-corrected chi connectivity index (χ2v) is 9.93. The van der Waals surface area contributed by atoms with E-state index in [1.807, 2.05) is 83.8 Å². The van der Waals surface area contributed by atoms with Crippen molar-refractivity contribution in [1.82, 2.24) is 14.8 Å². The lowest BCUT2D eigenvalue weighted by Crippen LogP contribution is -2.44. The first kappa shape index (κ1) is 23.9. The molecule has 6 heteroatoms. The summed E-state index contributed by atoms with van der Waals surface area (Å²) in [4.78, 5) is 48.5. The van der Waals surface area contributed by atoms with Gasteiger partial charge in [0.15, 0.2) is 0 Å². The van der Waals surface area contributed by atoms with Gasteiger partial charge in [0.2, 0.25) is 17.7 Å². The highest BCUT2D eigenvalue weighted by Crippen LogP contribution is 2.41. The average Bonchev–Trinajstić information content (AvgIpc) is 3.70. The molecule has 3 amide bonds. The van der Waals surface area contributed by atoms with E-state index in [2.05, 4.69) is 4.98 Å². The molecular weight excluding hydrogens is 450 g/mol. The molecule has 1 aliphatic heterocycles. The number of rotatable bonds is 10. The number of imide groups is 1. The molecule has 2 aromatic carbocycles. The molecule has 0 N–H and O–H groups in total. The van der Waals surface area contributed by atoms with Crippen molar-refractivity contribution in [3.63, 3.8) is 0 Å². The zero-order valence-electron chi connectivity index (χ0n) is 20.4. The predicted molar refractivity (Wildman–Crippen MR) is 137 cm³/mol. The smallest absolute Gasteiger partial charge is 0.240 e. The van der Waals surface area contributed by atoms with E-state index in [1.54, 1.807) is 6.20 Å². The Morgan fingerprint density at radius 2 is 1.64 bits per heavy atom. The Labute approximate surface area is 212 Å². The third-order valence-electron chi connectivity index (χ3n) is 7.25. The number of aromatic nitrogens is 1. The molecule has 1 saturated carbocycles. The standard InChI is InChI=1S/C30H31N3O3/c34-27(32(22-24-14-15-24)21-23-9-3-1-4-10-23)19-30(25-11-5-2-6-12-25)20-28(35)33(29(30)36)18-16-26-13-7-8-17-31-26/h1-13,17,24H,14-16,18-22H2. The van der Waals surface area contributed by atoms with Crippen molar-refractivity contribution >= 4 is 17.7 Å². The number of benzene rings is 2. The van der Waals surface area contributed by atoms with E-state index < -0.39 is 5.41 Å². The molecule has 6 nitrogen and oxygen atoms in total. The molecule has 1 aromatic heterocycles. The second kappa shape index (κ2) is 10.4. The zero-order valence-corrected chi connectivity index (χ0v) is 20.4. The summed E-state index contributed by atoms with van der Waals surface area (Å²) < 4.78 is 0. The van der Waals surface area contributed by atoms with Gasteiger partial charge in [-0.2, -0.15) is 0 Å². The molecule has 36 heavy (non-hydrogen) atoms. The molecule has 1 unspecified atom stereocenters. The first-order valence-electron chi connectivity index (χ1n) is 12.7. The fourth-order valence-electron chi connectivity index (χ4n) is 5.06. The van der Waals surface area contributed by atoms with E-state index in [0.717, 1.165) is 29.7 Å². The van der Waals surface area contributed by atoms with E-state index in [1.165, 1.54) is 4.90 Å². The minimum atomic E-state index is -1.18. The Bertz CT molecular complexity index is 1210. The van der Waals surface area contributed by atoms with Crippen LogP contribution in [0.2, 0.25) is 0 Å². The predicted octanol–water partition coefficient (Wildman–Crippen LogP) is 4.15. The van der Waals surface area contributed by atoms with Gasteiger partial charge in [0.1, 0.15) is 0 Å². The molecule has 1 atom stereocenters. The molecule has 2 fully saturated rings. The van der Waals surface area contributed by atoms with E-state index in [9.17, 15) is 14.4 Å². The van der Waals surface area contributed by atoms with Gasteiger partial charge in [-0.25, -0.2) is 0 Å². The van der Waals surface area contributed by atoms with Crippen LogP contribution in [0.15, 0.2) is 85.1 Å². The molecular formula is C30H31N3O3. The maximum Gasteiger partial charge on any atom is 0.240 e. The maximum atomic E-state index is 13.9. The van der Waals surface area contributed by atoms with Crippen LogP contribution in [-0.4, -0.2) is 45.6 Å². The Balaban J connectivity index is 1.40. The summed E-state index contributed by atoms with van der Waals surface area (Å²) >= 11 is 0. The number of pyridine rings is 1. The summed E-state index contributed by atoms with van der Waals surface area (Å²) in [7, 11) is 0. The zero-order chi connectivity index (χ0) is 25.0. The van der Waals surface area contributed by atoms with Crippen LogP contribution < -0.4 is 0 Å². The van der Waals surface area contributed by atoms with Crippen molar-refractivity contribution in [3.8, 4) is 0 Å². The molecule has 2 heterocycles. The van der Waals surface area contributed by atoms with Gasteiger partial charge in [-0.05, 0) is 42.0 Å². The van der Waals surface area contributed by atoms with Gasteiger partial charge in [0, 0.05) is 50.8 Å². The van der Waals surface area contributed by atoms with Crippen LogP contribution >= 0.6 is 0 Å². The van der Waals surface area contributed by atoms with Crippen molar-refractivity contribution in [2.24, 2.45) is 5.92 Å². The first-order valence-corrected chi connectivity index (χ1v) is 12.7. The van der Waals surface area contributed by atoms with Gasteiger partial charge in [0.25, 0.3) is 0 Å². The van der Waals surface area contributed by atoms with Gasteiger partial charge in [0.05, 0.1) is 5.41 Å². The lowest BCUT2D eigenvalue weighted by molar-refractivity contribution is -0.143. The van der Waals surface area contributed by atoms with Crippen LogP contribution in [0.1, 0.15) is 42.5 Å².